The number of anilines is 2. The smallest absolute Gasteiger partial charge is 0.224 e. The lowest BCUT2D eigenvalue weighted by atomic mass is 10.1. The van der Waals surface area contributed by atoms with Crippen LogP contribution >= 0.6 is 0 Å². The molecular formula is C14H24N4. The average Bonchev–Trinajstić information content (AvgIpc) is 2.72. The van der Waals surface area contributed by atoms with E-state index in [-0.39, 0.29) is 0 Å². The Hall–Kier alpha value is -1.32. The molecule has 0 amide bonds. The van der Waals surface area contributed by atoms with Gasteiger partial charge in [0.2, 0.25) is 5.95 Å². The molecule has 0 spiro atoms. The van der Waals surface area contributed by atoms with E-state index in [1.807, 2.05) is 13.0 Å². The van der Waals surface area contributed by atoms with E-state index in [1.54, 1.807) is 0 Å². The first-order valence-corrected chi connectivity index (χ1v) is 7.05. The second kappa shape index (κ2) is 6.03. The van der Waals surface area contributed by atoms with Crippen molar-refractivity contribution in [3.8, 4) is 0 Å². The van der Waals surface area contributed by atoms with Gasteiger partial charge in [0.15, 0.2) is 0 Å². The number of nitrogens with zero attached hydrogens (tertiary/aromatic N) is 2. The quantitative estimate of drug-likeness (QED) is 0.840. The van der Waals surface area contributed by atoms with Gasteiger partial charge in [0.05, 0.1) is 0 Å². The molecule has 1 saturated carbocycles. The highest BCUT2D eigenvalue weighted by Gasteiger charge is 2.23. The van der Waals surface area contributed by atoms with Gasteiger partial charge in [-0.2, -0.15) is 4.98 Å². The molecule has 1 aliphatic rings. The lowest BCUT2D eigenvalue weighted by molar-refractivity contribution is 0.555. The van der Waals surface area contributed by atoms with Gasteiger partial charge in [-0.3, -0.25) is 0 Å². The Balaban J connectivity index is 2.05. The number of hydrogen-bond acceptors (Lipinski definition) is 4. The molecule has 2 atom stereocenters. The molecule has 1 heterocycles. The van der Waals surface area contributed by atoms with E-state index in [0.717, 1.165) is 36.3 Å². The predicted molar refractivity (Wildman–Crippen MR) is 76.0 cm³/mol. The fourth-order valence-corrected chi connectivity index (χ4v) is 2.51. The van der Waals surface area contributed by atoms with Crippen LogP contribution in [0.3, 0.4) is 0 Å². The first-order valence-electron chi connectivity index (χ1n) is 7.05. The van der Waals surface area contributed by atoms with Crippen molar-refractivity contribution in [3.05, 3.63) is 11.8 Å². The van der Waals surface area contributed by atoms with E-state index < -0.39 is 0 Å². The van der Waals surface area contributed by atoms with E-state index in [1.165, 1.54) is 19.3 Å². The summed E-state index contributed by atoms with van der Waals surface area (Å²) < 4.78 is 0. The zero-order valence-electron chi connectivity index (χ0n) is 11.7. The minimum absolute atomic E-state index is 0.568. The number of hydrogen-bond donors (Lipinski definition) is 2. The van der Waals surface area contributed by atoms with Gasteiger partial charge in [0.1, 0.15) is 5.82 Å². The van der Waals surface area contributed by atoms with Gasteiger partial charge in [-0.05, 0) is 32.1 Å². The van der Waals surface area contributed by atoms with Crippen molar-refractivity contribution in [2.45, 2.75) is 52.5 Å². The number of aryl methyl sites for hydroxylation is 1. The summed E-state index contributed by atoms with van der Waals surface area (Å²) in [5.41, 5.74) is 1.01. The standard InChI is InChI=1S/C14H24N4/c1-4-8-15-14-16-11(3)9-13(18-14)17-12-7-5-6-10(12)2/h9-10,12H,4-8H2,1-3H3,(H2,15,16,17,18). The number of nitrogens with one attached hydrogen (secondary N) is 2. The first kappa shape index (κ1) is 13.1. The fourth-order valence-electron chi connectivity index (χ4n) is 2.51. The summed E-state index contributed by atoms with van der Waals surface area (Å²) in [4.78, 5) is 8.94. The molecule has 0 bridgehead atoms. The second-order valence-corrected chi connectivity index (χ2v) is 5.30. The topological polar surface area (TPSA) is 49.8 Å². The zero-order valence-corrected chi connectivity index (χ0v) is 11.7. The van der Waals surface area contributed by atoms with Gasteiger partial charge in [-0.15, -0.1) is 0 Å². The molecular weight excluding hydrogens is 224 g/mol. The predicted octanol–water partition coefficient (Wildman–Crippen LogP) is 3.21. The van der Waals surface area contributed by atoms with E-state index in [4.69, 9.17) is 0 Å². The lowest BCUT2D eigenvalue weighted by Gasteiger charge is -2.18. The van der Waals surface area contributed by atoms with E-state index in [9.17, 15) is 0 Å². The molecule has 100 valence electrons. The van der Waals surface area contributed by atoms with Crippen LogP contribution in [0, 0.1) is 12.8 Å². The van der Waals surface area contributed by atoms with Crippen LogP contribution in [0.15, 0.2) is 6.07 Å². The molecule has 1 aromatic heterocycles. The third-order valence-corrected chi connectivity index (χ3v) is 3.58. The Labute approximate surface area is 110 Å². The molecule has 4 heteroatoms. The zero-order chi connectivity index (χ0) is 13.0. The van der Waals surface area contributed by atoms with E-state index >= 15 is 0 Å². The molecule has 0 radical (unpaired) electrons. The minimum Gasteiger partial charge on any atom is -0.367 e. The highest BCUT2D eigenvalue weighted by atomic mass is 15.1. The lowest BCUT2D eigenvalue weighted by Crippen LogP contribution is -2.23. The summed E-state index contributed by atoms with van der Waals surface area (Å²) in [5, 5.41) is 6.81. The average molecular weight is 248 g/mol. The molecule has 18 heavy (non-hydrogen) atoms. The molecule has 0 aromatic carbocycles. The third-order valence-electron chi connectivity index (χ3n) is 3.58. The molecule has 1 aliphatic carbocycles. The van der Waals surface area contributed by atoms with Crippen molar-refractivity contribution in [2.75, 3.05) is 17.2 Å². The molecule has 1 fully saturated rings. The molecule has 0 aliphatic heterocycles. The van der Waals surface area contributed by atoms with E-state index in [0.29, 0.717) is 6.04 Å². The molecule has 2 rings (SSSR count). The maximum absolute atomic E-state index is 4.54. The van der Waals surface area contributed by atoms with Crippen LogP contribution in [0.1, 0.15) is 45.2 Å². The summed E-state index contributed by atoms with van der Waals surface area (Å²) >= 11 is 0. The van der Waals surface area contributed by atoms with Crippen molar-refractivity contribution in [3.63, 3.8) is 0 Å². The van der Waals surface area contributed by atoms with Crippen molar-refractivity contribution in [1.82, 2.24) is 9.97 Å². The Morgan fingerprint density at radius 2 is 2.17 bits per heavy atom. The molecule has 2 N–H and O–H groups in total. The fraction of sp³-hybridized carbons (Fsp3) is 0.714. The SMILES string of the molecule is CCCNc1nc(C)cc(NC2CCCC2C)n1. The van der Waals surface area contributed by atoms with Gasteiger partial charge < -0.3 is 10.6 Å². The van der Waals surface area contributed by atoms with Crippen LogP contribution in [-0.2, 0) is 0 Å². The number of aromatic nitrogens is 2. The summed E-state index contributed by atoms with van der Waals surface area (Å²) in [6.45, 7) is 7.39. The molecule has 2 unspecified atom stereocenters. The summed E-state index contributed by atoms with van der Waals surface area (Å²) in [7, 11) is 0. The summed E-state index contributed by atoms with van der Waals surface area (Å²) in [6, 6.07) is 2.60. The minimum atomic E-state index is 0.568. The Morgan fingerprint density at radius 1 is 1.33 bits per heavy atom. The monoisotopic (exact) mass is 248 g/mol. The largest absolute Gasteiger partial charge is 0.367 e. The van der Waals surface area contributed by atoms with Gasteiger partial charge in [-0.25, -0.2) is 4.98 Å². The van der Waals surface area contributed by atoms with Gasteiger partial charge in [0.25, 0.3) is 0 Å². The first-order chi connectivity index (χ1) is 8.69. The van der Waals surface area contributed by atoms with Crippen molar-refractivity contribution in [1.29, 1.82) is 0 Å². The Morgan fingerprint density at radius 3 is 2.83 bits per heavy atom. The van der Waals surface area contributed by atoms with Gasteiger partial charge >= 0.3 is 0 Å². The van der Waals surface area contributed by atoms with Gasteiger partial charge in [-0.1, -0.05) is 20.3 Å². The number of rotatable bonds is 5. The molecule has 0 saturated heterocycles. The normalized spacial score (nSPS) is 23.1. The maximum atomic E-state index is 4.54. The Kier molecular flexibility index (Phi) is 4.39. The second-order valence-electron chi connectivity index (χ2n) is 5.30. The molecule has 4 nitrogen and oxygen atoms in total. The van der Waals surface area contributed by atoms with Crippen LogP contribution in [-0.4, -0.2) is 22.6 Å². The van der Waals surface area contributed by atoms with Crippen LogP contribution < -0.4 is 10.6 Å². The highest BCUT2D eigenvalue weighted by molar-refractivity contribution is 5.43. The van der Waals surface area contributed by atoms with Gasteiger partial charge in [0, 0.05) is 24.3 Å². The summed E-state index contributed by atoms with van der Waals surface area (Å²) in [5.74, 6) is 2.44. The maximum Gasteiger partial charge on any atom is 0.224 e. The van der Waals surface area contributed by atoms with Crippen molar-refractivity contribution in [2.24, 2.45) is 5.92 Å². The van der Waals surface area contributed by atoms with Crippen LogP contribution in [0.4, 0.5) is 11.8 Å². The molecule has 1 aromatic rings. The Bertz CT molecular complexity index is 391. The van der Waals surface area contributed by atoms with Crippen LogP contribution in [0.5, 0.6) is 0 Å². The van der Waals surface area contributed by atoms with E-state index in [2.05, 4.69) is 34.4 Å². The van der Waals surface area contributed by atoms with Crippen molar-refractivity contribution < 1.29 is 0 Å². The van der Waals surface area contributed by atoms with Crippen LogP contribution in [0.25, 0.3) is 0 Å². The van der Waals surface area contributed by atoms with Crippen molar-refractivity contribution >= 4 is 11.8 Å². The third kappa shape index (κ3) is 3.34. The summed E-state index contributed by atoms with van der Waals surface area (Å²) in [6.07, 6.45) is 4.98. The van der Waals surface area contributed by atoms with Crippen LogP contribution in [0.2, 0.25) is 0 Å². The highest BCUT2D eigenvalue weighted by Crippen LogP contribution is 2.27.